The van der Waals surface area contributed by atoms with Crippen molar-refractivity contribution in [2.45, 2.75) is 55.8 Å². The lowest BCUT2D eigenvalue weighted by atomic mass is 9.73. The molecular formula is C19H25NO2S2. The maximum Gasteiger partial charge on any atom is 0.240 e. The van der Waals surface area contributed by atoms with Gasteiger partial charge in [-0.15, -0.1) is 11.3 Å². The zero-order valence-corrected chi connectivity index (χ0v) is 15.8. The predicted molar refractivity (Wildman–Crippen MR) is 100 cm³/mol. The summed E-state index contributed by atoms with van der Waals surface area (Å²) in [4.78, 5) is 1.67. The van der Waals surface area contributed by atoms with E-state index in [2.05, 4.69) is 29.2 Å². The van der Waals surface area contributed by atoms with Gasteiger partial charge in [0.25, 0.3) is 0 Å². The summed E-state index contributed by atoms with van der Waals surface area (Å²) < 4.78 is 28.2. The van der Waals surface area contributed by atoms with Crippen molar-refractivity contribution in [3.05, 3.63) is 52.2 Å². The first-order valence-corrected chi connectivity index (χ1v) is 11.0. The quantitative estimate of drug-likeness (QED) is 0.822. The van der Waals surface area contributed by atoms with Crippen molar-refractivity contribution in [2.24, 2.45) is 0 Å². The van der Waals surface area contributed by atoms with E-state index in [9.17, 15) is 8.42 Å². The van der Waals surface area contributed by atoms with Gasteiger partial charge in [0, 0.05) is 16.8 Å². The summed E-state index contributed by atoms with van der Waals surface area (Å²) in [5, 5.41) is 2.09. The Hall–Kier alpha value is -1.17. The Morgan fingerprint density at radius 3 is 2.38 bits per heavy atom. The fourth-order valence-electron chi connectivity index (χ4n) is 3.54. The number of hydrogen-bond donors (Lipinski definition) is 1. The molecule has 3 rings (SSSR count). The molecule has 24 heavy (non-hydrogen) atoms. The van der Waals surface area contributed by atoms with E-state index in [1.165, 1.54) is 24.1 Å². The van der Waals surface area contributed by atoms with E-state index in [1.54, 1.807) is 23.5 Å². The van der Waals surface area contributed by atoms with Crippen molar-refractivity contribution in [1.82, 2.24) is 4.72 Å². The molecule has 3 nitrogen and oxygen atoms in total. The molecule has 0 radical (unpaired) electrons. The highest BCUT2D eigenvalue weighted by molar-refractivity contribution is 7.89. The Balaban J connectivity index is 1.78. The molecule has 1 aliphatic rings. The van der Waals surface area contributed by atoms with E-state index in [1.807, 2.05) is 12.1 Å². The fourth-order valence-corrected chi connectivity index (χ4v) is 5.65. The van der Waals surface area contributed by atoms with Crippen LogP contribution in [-0.4, -0.2) is 15.0 Å². The second-order valence-corrected chi connectivity index (χ2v) is 9.35. The molecule has 2 aromatic rings. The Labute approximate surface area is 149 Å². The first-order chi connectivity index (χ1) is 11.6. The predicted octanol–water partition coefficient (Wildman–Crippen LogP) is 4.49. The lowest BCUT2D eigenvalue weighted by molar-refractivity contribution is 0.298. The zero-order valence-electron chi connectivity index (χ0n) is 14.1. The third-order valence-corrected chi connectivity index (χ3v) is 7.63. The van der Waals surface area contributed by atoms with Crippen LogP contribution in [0.25, 0.3) is 0 Å². The minimum Gasteiger partial charge on any atom is -0.210 e. The number of hydrogen-bond acceptors (Lipinski definition) is 3. The molecule has 1 aliphatic carbocycles. The SMILES string of the molecule is CCc1ccc(S(=O)(=O)NCC2(c3cccs3)CCCCC2)cc1. The number of rotatable bonds is 6. The topological polar surface area (TPSA) is 46.2 Å². The van der Waals surface area contributed by atoms with Crippen LogP contribution < -0.4 is 4.72 Å². The van der Waals surface area contributed by atoms with E-state index in [0.29, 0.717) is 11.4 Å². The molecule has 0 saturated heterocycles. The summed E-state index contributed by atoms with van der Waals surface area (Å²) >= 11 is 1.74. The minimum absolute atomic E-state index is 0.0388. The van der Waals surface area contributed by atoms with Crippen LogP contribution in [0.1, 0.15) is 49.5 Å². The summed E-state index contributed by atoms with van der Waals surface area (Å²) in [5.74, 6) is 0. The Morgan fingerprint density at radius 1 is 1.08 bits per heavy atom. The van der Waals surface area contributed by atoms with Crippen molar-refractivity contribution in [3.63, 3.8) is 0 Å². The first kappa shape index (κ1) is 17.6. The number of nitrogens with one attached hydrogen (secondary N) is 1. The molecule has 1 heterocycles. The van der Waals surface area contributed by atoms with Gasteiger partial charge >= 0.3 is 0 Å². The van der Waals surface area contributed by atoms with Crippen LogP contribution in [0.3, 0.4) is 0 Å². The summed E-state index contributed by atoms with van der Waals surface area (Å²) in [6, 6.07) is 11.4. The lowest BCUT2D eigenvalue weighted by Crippen LogP contribution is -2.41. The monoisotopic (exact) mass is 363 g/mol. The van der Waals surface area contributed by atoms with Crippen LogP contribution >= 0.6 is 11.3 Å². The van der Waals surface area contributed by atoms with Gasteiger partial charge in [0.1, 0.15) is 0 Å². The molecule has 1 aromatic carbocycles. The highest BCUT2D eigenvalue weighted by Crippen LogP contribution is 2.41. The second-order valence-electron chi connectivity index (χ2n) is 6.64. The van der Waals surface area contributed by atoms with E-state index in [-0.39, 0.29) is 5.41 Å². The van der Waals surface area contributed by atoms with E-state index in [4.69, 9.17) is 0 Å². The molecule has 130 valence electrons. The van der Waals surface area contributed by atoms with Crippen molar-refractivity contribution in [3.8, 4) is 0 Å². The fraction of sp³-hybridized carbons (Fsp3) is 0.474. The molecule has 1 fully saturated rings. The van der Waals surface area contributed by atoms with Crippen LogP contribution in [-0.2, 0) is 21.9 Å². The van der Waals surface area contributed by atoms with Crippen LogP contribution in [0.2, 0.25) is 0 Å². The van der Waals surface area contributed by atoms with Gasteiger partial charge in [-0.25, -0.2) is 13.1 Å². The normalized spacial score (nSPS) is 17.7. The molecule has 0 atom stereocenters. The molecule has 1 N–H and O–H groups in total. The first-order valence-electron chi connectivity index (χ1n) is 8.68. The maximum atomic E-state index is 12.7. The number of sulfonamides is 1. The zero-order chi connectivity index (χ0) is 17.0. The molecule has 5 heteroatoms. The van der Waals surface area contributed by atoms with E-state index in [0.717, 1.165) is 24.8 Å². The molecule has 0 bridgehead atoms. The summed E-state index contributed by atoms with van der Waals surface area (Å²) in [6.45, 7) is 2.56. The molecule has 0 unspecified atom stereocenters. The van der Waals surface area contributed by atoms with Gasteiger partial charge in [0.2, 0.25) is 10.0 Å². The van der Waals surface area contributed by atoms with E-state index < -0.39 is 10.0 Å². The molecule has 1 saturated carbocycles. The third kappa shape index (κ3) is 3.73. The van der Waals surface area contributed by atoms with Gasteiger partial charge in [0.05, 0.1) is 4.90 Å². The van der Waals surface area contributed by atoms with Crippen molar-refractivity contribution in [2.75, 3.05) is 6.54 Å². The summed E-state index contributed by atoms with van der Waals surface area (Å²) in [5.41, 5.74) is 1.11. The summed E-state index contributed by atoms with van der Waals surface area (Å²) in [7, 11) is -3.46. The smallest absolute Gasteiger partial charge is 0.210 e. The minimum atomic E-state index is -3.46. The molecule has 0 aliphatic heterocycles. The Bertz CT molecular complexity index is 743. The van der Waals surface area contributed by atoms with Gasteiger partial charge < -0.3 is 0 Å². The van der Waals surface area contributed by atoms with Crippen LogP contribution in [0.15, 0.2) is 46.7 Å². The van der Waals surface area contributed by atoms with Gasteiger partial charge in [-0.2, -0.15) is 0 Å². The van der Waals surface area contributed by atoms with Crippen molar-refractivity contribution in [1.29, 1.82) is 0 Å². The van der Waals surface area contributed by atoms with Crippen molar-refractivity contribution >= 4 is 21.4 Å². The average molecular weight is 364 g/mol. The van der Waals surface area contributed by atoms with Gasteiger partial charge in [-0.3, -0.25) is 0 Å². The summed E-state index contributed by atoms with van der Waals surface area (Å²) in [6.07, 6.45) is 6.62. The van der Waals surface area contributed by atoms with Crippen LogP contribution in [0.4, 0.5) is 0 Å². The number of benzene rings is 1. The van der Waals surface area contributed by atoms with Gasteiger partial charge in [-0.1, -0.05) is 44.4 Å². The molecule has 0 spiro atoms. The second kappa shape index (κ2) is 7.38. The lowest BCUT2D eigenvalue weighted by Gasteiger charge is -2.36. The Kier molecular flexibility index (Phi) is 5.42. The van der Waals surface area contributed by atoms with Gasteiger partial charge in [-0.05, 0) is 48.4 Å². The number of thiophene rings is 1. The average Bonchev–Trinajstić information content (AvgIpc) is 3.16. The highest BCUT2D eigenvalue weighted by atomic mass is 32.2. The van der Waals surface area contributed by atoms with Crippen LogP contribution in [0, 0.1) is 0 Å². The molecule has 1 aromatic heterocycles. The third-order valence-electron chi connectivity index (χ3n) is 5.10. The Morgan fingerprint density at radius 2 is 1.79 bits per heavy atom. The number of aryl methyl sites for hydroxylation is 1. The largest absolute Gasteiger partial charge is 0.240 e. The standard InChI is InChI=1S/C19H25NO2S2/c1-2-16-8-10-17(11-9-16)24(21,22)20-15-19(12-4-3-5-13-19)18-7-6-14-23-18/h6-11,14,20H,2-5,12-13,15H2,1H3. The van der Waals surface area contributed by atoms with Crippen molar-refractivity contribution < 1.29 is 8.42 Å². The van der Waals surface area contributed by atoms with Gasteiger partial charge in [0.15, 0.2) is 0 Å². The highest BCUT2D eigenvalue weighted by Gasteiger charge is 2.36. The maximum absolute atomic E-state index is 12.7. The van der Waals surface area contributed by atoms with E-state index >= 15 is 0 Å². The molecule has 0 amide bonds. The van der Waals surface area contributed by atoms with Crippen LogP contribution in [0.5, 0.6) is 0 Å². The molecular weight excluding hydrogens is 338 g/mol.